The molecule has 0 amide bonds. The van der Waals surface area contributed by atoms with Gasteiger partial charge in [-0.3, -0.25) is 4.90 Å². The maximum Gasteiger partial charge on any atom is 0.153 e. The number of hydrogen-bond acceptors (Lipinski definition) is 3. The van der Waals surface area contributed by atoms with Crippen molar-refractivity contribution in [3.63, 3.8) is 0 Å². The van der Waals surface area contributed by atoms with Crippen LogP contribution >= 0.6 is 0 Å². The van der Waals surface area contributed by atoms with Crippen molar-refractivity contribution in [1.29, 1.82) is 0 Å². The molecule has 4 nitrogen and oxygen atoms in total. The molecule has 9 aromatic carbocycles. The highest BCUT2D eigenvalue weighted by Crippen LogP contribution is 2.63. The van der Waals surface area contributed by atoms with Crippen molar-refractivity contribution in [2.45, 2.75) is 5.92 Å². The van der Waals surface area contributed by atoms with Gasteiger partial charge in [-0.1, -0.05) is 146 Å². The van der Waals surface area contributed by atoms with Gasteiger partial charge >= 0.3 is 0 Å². The Labute approximate surface area is 344 Å². The molecule has 0 saturated carbocycles. The van der Waals surface area contributed by atoms with Crippen LogP contribution in [0.1, 0.15) is 22.6 Å². The second-order valence-electron chi connectivity index (χ2n) is 15.5. The van der Waals surface area contributed by atoms with Crippen molar-refractivity contribution < 1.29 is 4.74 Å². The van der Waals surface area contributed by atoms with E-state index in [1.165, 1.54) is 61.7 Å². The van der Waals surface area contributed by atoms with Gasteiger partial charge in [-0.15, -0.1) is 0 Å². The van der Waals surface area contributed by atoms with Gasteiger partial charge in [0.15, 0.2) is 22.9 Å². The third-order valence-electron chi connectivity index (χ3n) is 12.3. The Morgan fingerprint density at radius 1 is 0.407 bits per heavy atom. The van der Waals surface area contributed by atoms with E-state index < -0.39 is 0 Å². The van der Waals surface area contributed by atoms with Crippen molar-refractivity contribution in [3.8, 4) is 33.8 Å². The monoisotopic (exact) mass is 756 g/mol. The Bertz CT molecular complexity index is 2910. The van der Waals surface area contributed by atoms with Crippen LogP contribution in [0.2, 0.25) is 0 Å². The number of ether oxygens (including phenoxy) is 1. The Morgan fingerprint density at radius 2 is 0.949 bits per heavy atom. The van der Waals surface area contributed by atoms with E-state index in [1.54, 1.807) is 0 Å². The van der Waals surface area contributed by atoms with E-state index in [4.69, 9.17) is 4.74 Å². The molecule has 4 heteroatoms. The van der Waals surface area contributed by atoms with Crippen LogP contribution in [-0.2, 0) is 0 Å². The first-order chi connectivity index (χ1) is 29.3. The lowest BCUT2D eigenvalue weighted by Crippen LogP contribution is -2.38. The average molecular weight is 757 g/mol. The fourth-order valence-corrected chi connectivity index (χ4v) is 9.76. The first-order valence-electron chi connectivity index (χ1n) is 20.3. The maximum atomic E-state index is 6.50. The van der Waals surface area contributed by atoms with Gasteiger partial charge in [0.05, 0.1) is 22.7 Å². The normalized spacial score (nSPS) is 14.1. The number of fused-ring (bicyclic) bond motifs is 6. The first kappa shape index (κ1) is 33.5. The highest BCUT2D eigenvalue weighted by atomic mass is 16.5. The highest BCUT2D eigenvalue weighted by Gasteiger charge is 2.49. The van der Waals surface area contributed by atoms with Gasteiger partial charge in [0.2, 0.25) is 0 Å². The van der Waals surface area contributed by atoms with E-state index in [1.807, 2.05) is 6.07 Å². The Kier molecular flexibility index (Phi) is 7.49. The zero-order valence-electron chi connectivity index (χ0n) is 32.2. The lowest BCUT2D eigenvalue weighted by Gasteiger charge is -2.45. The molecule has 9 aromatic rings. The molecular weight excluding hydrogens is 719 g/mol. The first-order valence-corrected chi connectivity index (χ1v) is 20.3. The molecule has 0 radical (unpaired) electrons. The third-order valence-corrected chi connectivity index (χ3v) is 12.3. The largest absolute Gasteiger partial charge is 0.453 e. The number of para-hydroxylation sites is 5. The summed E-state index contributed by atoms with van der Waals surface area (Å²) in [4.78, 5) is 2.38. The smallest absolute Gasteiger partial charge is 0.153 e. The number of rotatable bonds is 5. The molecular formula is C55H38N3O+. The maximum absolute atomic E-state index is 6.50. The molecule has 0 saturated heterocycles. The topological polar surface area (TPSA) is 24.5 Å². The van der Waals surface area contributed by atoms with Crippen LogP contribution in [0.15, 0.2) is 218 Å². The summed E-state index contributed by atoms with van der Waals surface area (Å²) in [5, 5.41) is 3.76. The van der Waals surface area contributed by atoms with Gasteiger partial charge in [0, 0.05) is 53.4 Å². The van der Waals surface area contributed by atoms with Crippen LogP contribution in [0, 0.1) is 0 Å². The summed E-state index contributed by atoms with van der Waals surface area (Å²) in [5.41, 5.74) is 18.6. The van der Waals surface area contributed by atoms with Crippen molar-refractivity contribution in [2.75, 3.05) is 10.2 Å². The highest BCUT2D eigenvalue weighted by molar-refractivity contribution is 6.02. The molecule has 59 heavy (non-hydrogen) atoms. The number of nitrogens with zero attached hydrogens (tertiary/aromatic N) is 2. The summed E-state index contributed by atoms with van der Waals surface area (Å²) < 4.78 is 6.93. The molecule has 1 N–H and O–H groups in total. The minimum absolute atomic E-state index is 0.0773. The molecule has 0 unspecified atom stereocenters. The summed E-state index contributed by atoms with van der Waals surface area (Å²) >= 11 is 0. The fourth-order valence-electron chi connectivity index (χ4n) is 9.76. The molecule has 278 valence electrons. The van der Waals surface area contributed by atoms with Crippen molar-refractivity contribution in [1.82, 2.24) is 4.48 Å². The van der Waals surface area contributed by atoms with Crippen LogP contribution in [0.25, 0.3) is 22.3 Å². The SMILES string of the molecule is c1ccc(-c2ccc3c(c2)[N+](c2ccccc2)(c2ccccc2)c2cc(-c4ccccc4)ccc2C3c2ccc3c(c2)N2c4ccccc4Oc4cccc(c42)N3)cc1. The minimum Gasteiger partial charge on any atom is -0.453 e. The fraction of sp³-hybridized carbons (Fsp3) is 0.0182. The Morgan fingerprint density at radius 3 is 1.56 bits per heavy atom. The van der Waals surface area contributed by atoms with E-state index in [-0.39, 0.29) is 5.92 Å². The van der Waals surface area contributed by atoms with Crippen LogP contribution in [0.5, 0.6) is 11.5 Å². The molecule has 12 rings (SSSR count). The number of benzene rings is 9. The lowest BCUT2D eigenvalue weighted by molar-refractivity contribution is 0.477. The molecule has 0 atom stereocenters. The molecule has 3 aliphatic rings. The lowest BCUT2D eigenvalue weighted by atomic mass is 9.76. The quantitative estimate of drug-likeness (QED) is 0.177. The predicted octanol–water partition coefficient (Wildman–Crippen LogP) is 15.4. The second kappa shape index (κ2) is 13.2. The number of nitrogens with one attached hydrogen (secondary N) is 1. The van der Waals surface area contributed by atoms with E-state index in [0.29, 0.717) is 4.48 Å². The molecule has 0 fully saturated rings. The second-order valence-corrected chi connectivity index (χ2v) is 15.5. The van der Waals surface area contributed by atoms with Crippen LogP contribution < -0.4 is 19.4 Å². The Hall–Kier alpha value is -7.66. The molecule has 3 heterocycles. The Balaban J connectivity index is 1.17. The van der Waals surface area contributed by atoms with Gasteiger partial charge < -0.3 is 10.1 Å². The summed E-state index contributed by atoms with van der Waals surface area (Å²) in [5.74, 6) is 1.61. The number of anilines is 5. The van der Waals surface area contributed by atoms with Gasteiger partial charge in [-0.25, -0.2) is 0 Å². The van der Waals surface area contributed by atoms with E-state index in [9.17, 15) is 0 Å². The molecule has 3 aliphatic heterocycles. The molecule has 0 aliphatic carbocycles. The average Bonchev–Trinajstić information content (AvgIpc) is 3.31. The predicted molar refractivity (Wildman–Crippen MR) is 243 cm³/mol. The molecule has 0 bridgehead atoms. The van der Waals surface area contributed by atoms with Crippen molar-refractivity contribution >= 4 is 51.2 Å². The van der Waals surface area contributed by atoms with E-state index >= 15 is 0 Å². The summed E-state index contributed by atoms with van der Waals surface area (Å²) in [6.45, 7) is 0. The minimum atomic E-state index is -0.0773. The van der Waals surface area contributed by atoms with Gasteiger partial charge in [-0.05, 0) is 64.2 Å². The van der Waals surface area contributed by atoms with Gasteiger partial charge in [-0.2, -0.15) is 4.48 Å². The third kappa shape index (κ3) is 5.07. The van der Waals surface area contributed by atoms with Gasteiger partial charge in [0.25, 0.3) is 0 Å². The van der Waals surface area contributed by atoms with Crippen molar-refractivity contribution in [3.05, 3.63) is 235 Å². The standard InChI is InChI=1S/C55H38N3O/c1-5-16-37(17-6-1)39-28-31-44-50(35-39)58(42-20-9-3-10-21-42,43-22-11-4-12-23-43)51-36-40(38-18-7-2-8-19-38)29-32-45(51)54(44)41-30-33-46-49(34-41)57-48-25-13-14-26-52(48)59-53-27-15-24-47(56-46)55(53)57/h1-36,54,56H/q+1. The van der Waals surface area contributed by atoms with Crippen LogP contribution in [0.3, 0.4) is 0 Å². The van der Waals surface area contributed by atoms with E-state index in [0.717, 1.165) is 39.9 Å². The summed E-state index contributed by atoms with van der Waals surface area (Å²) in [6, 6.07) is 79.6. The van der Waals surface area contributed by atoms with E-state index in [2.05, 4.69) is 223 Å². The number of hydrogen-bond donors (Lipinski definition) is 1. The zero-order chi connectivity index (χ0) is 38.9. The van der Waals surface area contributed by atoms with Crippen LogP contribution in [0.4, 0.5) is 51.2 Å². The van der Waals surface area contributed by atoms with Crippen molar-refractivity contribution in [2.24, 2.45) is 0 Å². The van der Waals surface area contributed by atoms with Crippen LogP contribution in [-0.4, -0.2) is 0 Å². The summed E-state index contributed by atoms with van der Waals surface area (Å²) in [6.07, 6.45) is 0. The molecule has 0 spiro atoms. The van der Waals surface area contributed by atoms with Gasteiger partial charge in [0.1, 0.15) is 17.1 Å². The molecule has 0 aromatic heterocycles. The zero-order valence-corrected chi connectivity index (χ0v) is 32.2. The number of quaternary nitrogens is 1. The summed E-state index contributed by atoms with van der Waals surface area (Å²) in [7, 11) is 0.